The van der Waals surface area contributed by atoms with Crippen molar-refractivity contribution in [1.29, 1.82) is 0 Å². The number of benzene rings is 1. The number of likely N-dealkylation sites (tertiary alicyclic amines) is 1. The van der Waals surface area contributed by atoms with E-state index in [0.29, 0.717) is 37.9 Å². The van der Waals surface area contributed by atoms with E-state index in [4.69, 9.17) is 16.3 Å². The molecule has 1 aromatic carbocycles. The summed E-state index contributed by atoms with van der Waals surface area (Å²) in [5.74, 6) is -0.818. The zero-order valence-corrected chi connectivity index (χ0v) is 16.2. The fraction of sp³-hybridized carbons (Fsp3) is 0.579. The van der Waals surface area contributed by atoms with Crippen LogP contribution in [0.5, 0.6) is 0 Å². The molecular weight excluding hydrogens is 373 g/mol. The van der Waals surface area contributed by atoms with Crippen molar-refractivity contribution in [2.45, 2.75) is 25.8 Å². The first-order valence-electron chi connectivity index (χ1n) is 9.32. The lowest BCUT2D eigenvalue weighted by molar-refractivity contribution is -0.142. The number of ether oxygens (including phenoxy) is 1. The second-order valence-electron chi connectivity index (χ2n) is 7.06. The summed E-state index contributed by atoms with van der Waals surface area (Å²) >= 11 is 5.88. The zero-order chi connectivity index (χ0) is 19.4. The van der Waals surface area contributed by atoms with Gasteiger partial charge in [-0.15, -0.1) is 0 Å². The zero-order valence-electron chi connectivity index (χ0n) is 15.4. The van der Waals surface area contributed by atoms with Crippen LogP contribution in [0.25, 0.3) is 0 Å². The number of anilines is 1. The Labute approximate surface area is 163 Å². The molecule has 2 fully saturated rings. The second kappa shape index (κ2) is 8.99. The van der Waals surface area contributed by atoms with Gasteiger partial charge in [-0.25, -0.2) is 4.39 Å². The Hall–Kier alpha value is -1.70. The van der Waals surface area contributed by atoms with Crippen molar-refractivity contribution in [2.24, 2.45) is 5.92 Å². The smallest absolute Gasteiger partial charge is 0.241 e. The Balaban J connectivity index is 1.60. The summed E-state index contributed by atoms with van der Waals surface area (Å²) in [4.78, 5) is 29.2. The molecule has 3 rings (SSSR count). The fourth-order valence-corrected chi connectivity index (χ4v) is 3.77. The summed E-state index contributed by atoms with van der Waals surface area (Å²) in [6.45, 7) is 5.44. The molecule has 0 radical (unpaired) electrons. The van der Waals surface area contributed by atoms with E-state index in [0.717, 1.165) is 19.4 Å². The Kier molecular flexibility index (Phi) is 6.68. The maximum Gasteiger partial charge on any atom is 0.241 e. The van der Waals surface area contributed by atoms with Crippen LogP contribution in [0, 0.1) is 11.7 Å². The van der Waals surface area contributed by atoms with E-state index in [1.165, 1.54) is 18.2 Å². The number of carbonyl (C=O) groups is 2. The monoisotopic (exact) mass is 397 g/mol. The first-order valence-corrected chi connectivity index (χ1v) is 9.70. The number of hydrogen-bond acceptors (Lipinski definition) is 4. The molecule has 2 amide bonds. The molecule has 148 valence electrons. The van der Waals surface area contributed by atoms with Gasteiger partial charge in [-0.3, -0.25) is 14.5 Å². The number of carbonyl (C=O) groups excluding carboxylic acids is 2. The largest absolute Gasteiger partial charge is 0.378 e. The number of rotatable bonds is 4. The maximum atomic E-state index is 13.9. The number of hydrogen-bond donors (Lipinski definition) is 1. The van der Waals surface area contributed by atoms with E-state index < -0.39 is 11.9 Å². The van der Waals surface area contributed by atoms with Gasteiger partial charge in [-0.1, -0.05) is 11.6 Å². The molecule has 1 aromatic rings. The molecule has 2 saturated heterocycles. The topological polar surface area (TPSA) is 61.9 Å². The quantitative estimate of drug-likeness (QED) is 0.847. The number of piperidine rings is 1. The van der Waals surface area contributed by atoms with Crippen LogP contribution in [0.2, 0.25) is 5.02 Å². The van der Waals surface area contributed by atoms with Gasteiger partial charge in [0, 0.05) is 24.7 Å². The number of nitrogens with one attached hydrogen (secondary N) is 1. The number of amides is 2. The third kappa shape index (κ3) is 4.97. The Morgan fingerprint density at radius 2 is 2.04 bits per heavy atom. The van der Waals surface area contributed by atoms with E-state index in [1.807, 2.05) is 9.80 Å². The number of morpholine rings is 1. The van der Waals surface area contributed by atoms with Gasteiger partial charge in [-0.05, 0) is 44.5 Å². The van der Waals surface area contributed by atoms with Crippen LogP contribution in [0.15, 0.2) is 18.2 Å². The molecule has 2 aliphatic heterocycles. The molecule has 1 N–H and O–H groups in total. The van der Waals surface area contributed by atoms with Gasteiger partial charge in [0.15, 0.2) is 0 Å². The summed E-state index contributed by atoms with van der Waals surface area (Å²) in [5.41, 5.74) is 0.0669. The minimum atomic E-state index is -0.529. The van der Waals surface area contributed by atoms with Gasteiger partial charge in [-0.2, -0.15) is 0 Å². The molecule has 0 saturated carbocycles. The van der Waals surface area contributed by atoms with Crippen molar-refractivity contribution in [3.63, 3.8) is 0 Å². The summed E-state index contributed by atoms with van der Waals surface area (Å²) in [6.07, 6.45) is 1.67. The minimum absolute atomic E-state index is 0.0669. The molecular formula is C19H25ClFN3O3. The van der Waals surface area contributed by atoms with Crippen molar-refractivity contribution in [1.82, 2.24) is 9.80 Å². The average Bonchev–Trinajstić information content (AvgIpc) is 2.70. The lowest BCUT2D eigenvalue weighted by Gasteiger charge is -2.38. The van der Waals surface area contributed by atoms with Crippen molar-refractivity contribution in [2.75, 3.05) is 44.7 Å². The summed E-state index contributed by atoms with van der Waals surface area (Å²) in [7, 11) is 0. The molecule has 8 heteroatoms. The second-order valence-corrected chi connectivity index (χ2v) is 7.50. The van der Waals surface area contributed by atoms with Crippen LogP contribution in [0.3, 0.4) is 0 Å². The molecule has 0 aromatic heterocycles. The van der Waals surface area contributed by atoms with Crippen LogP contribution >= 0.6 is 11.6 Å². The molecule has 6 nitrogen and oxygen atoms in total. The lowest BCUT2D eigenvalue weighted by Crippen LogP contribution is -2.52. The Morgan fingerprint density at radius 3 is 2.78 bits per heavy atom. The van der Waals surface area contributed by atoms with E-state index in [-0.39, 0.29) is 23.4 Å². The van der Waals surface area contributed by atoms with Gasteiger partial charge in [0.25, 0.3) is 0 Å². The van der Waals surface area contributed by atoms with Crippen molar-refractivity contribution in [3.8, 4) is 0 Å². The number of halogens is 2. The van der Waals surface area contributed by atoms with E-state index in [9.17, 15) is 14.0 Å². The summed E-state index contributed by atoms with van der Waals surface area (Å²) < 4.78 is 19.2. The molecule has 27 heavy (non-hydrogen) atoms. The molecule has 2 aliphatic rings. The van der Waals surface area contributed by atoms with Crippen LogP contribution in [0.4, 0.5) is 10.1 Å². The molecule has 0 bridgehead atoms. The molecule has 2 heterocycles. The summed E-state index contributed by atoms with van der Waals surface area (Å²) in [5, 5.41) is 2.96. The summed E-state index contributed by atoms with van der Waals surface area (Å²) in [6, 6.07) is 3.58. The molecule has 0 aliphatic carbocycles. The van der Waals surface area contributed by atoms with Gasteiger partial charge >= 0.3 is 0 Å². The van der Waals surface area contributed by atoms with Crippen LogP contribution < -0.4 is 5.32 Å². The van der Waals surface area contributed by atoms with Gasteiger partial charge in [0.2, 0.25) is 11.8 Å². The maximum absolute atomic E-state index is 13.9. The van der Waals surface area contributed by atoms with Crippen LogP contribution in [-0.2, 0) is 14.3 Å². The van der Waals surface area contributed by atoms with Gasteiger partial charge in [0.1, 0.15) is 5.82 Å². The molecule has 2 atom stereocenters. The van der Waals surface area contributed by atoms with Crippen molar-refractivity contribution < 1.29 is 18.7 Å². The highest BCUT2D eigenvalue weighted by Crippen LogP contribution is 2.23. The normalized spacial score (nSPS) is 22.3. The number of nitrogens with zero attached hydrogens (tertiary/aromatic N) is 2. The van der Waals surface area contributed by atoms with Gasteiger partial charge < -0.3 is 15.0 Å². The fourth-order valence-electron chi connectivity index (χ4n) is 3.60. The Bertz CT molecular complexity index is 697. The predicted molar refractivity (Wildman–Crippen MR) is 101 cm³/mol. The highest BCUT2D eigenvalue weighted by Gasteiger charge is 2.33. The standard InChI is InChI=1S/C19H25ClFN3O3/c1-13(18(25)22-17-11-15(20)4-5-16(17)21)24-6-2-3-14(12-24)19(26)23-7-9-27-10-8-23/h4-5,11,13-14H,2-3,6-10,12H2,1H3,(H,22,25). The first-order chi connectivity index (χ1) is 13.0. The van der Waals surface area contributed by atoms with Gasteiger partial charge in [0.05, 0.1) is 30.9 Å². The third-order valence-corrected chi connectivity index (χ3v) is 5.47. The first kappa shape index (κ1) is 20.0. The molecule has 0 spiro atoms. The highest BCUT2D eigenvalue weighted by atomic mass is 35.5. The van der Waals surface area contributed by atoms with E-state index in [1.54, 1.807) is 6.92 Å². The third-order valence-electron chi connectivity index (χ3n) is 5.24. The SMILES string of the molecule is CC(C(=O)Nc1cc(Cl)ccc1F)N1CCCC(C(=O)N2CCOCC2)C1. The van der Waals surface area contributed by atoms with Crippen molar-refractivity contribution >= 4 is 29.1 Å². The lowest BCUT2D eigenvalue weighted by atomic mass is 9.95. The Morgan fingerprint density at radius 1 is 1.30 bits per heavy atom. The van der Waals surface area contributed by atoms with E-state index in [2.05, 4.69) is 5.32 Å². The van der Waals surface area contributed by atoms with Crippen LogP contribution in [0.1, 0.15) is 19.8 Å². The molecule has 2 unspecified atom stereocenters. The van der Waals surface area contributed by atoms with Crippen molar-refractivity contribution in [3.05, 3.63) is 29.0 Å². The predicted octanol–water partition coefficient (Wildman–Crippen LogP) is 2.38. The van der Waals surface area contributed by atoms with Crippen LogP contribution in [-0.4, -0.2) is 67.0 Å². The highest BCUT2D eigenvalue weighted by molar-refractivity contribution is 6.30. The average molecular weight is 398 g/mol. The van der Waals surface area contributed by atoms with E-state index >= 15 is 0 Å². The minimum Gasteiger partial charge on any atom is -0.378 e.